The van der Waals surface area contributed by atoms with Gasteiger partial charge in [-0.25, -0.2) is 0 Å². The SMILES string of the molecule is CCOC1(C#N)CCc2c(Br)cccc21. The molecule has 1 aromatic carbocycles. The summed E-state index contributed by atoms with van der Waals surface area (Å²) in [4.78, 5) is 0. The molecular weight excluding hydrogens is 254 g/mol. The van der Waals surface area contributed by atoms with E-state index in [9.17, 15) is 5.26 Å². The van der Waals surface area contributed by atoms with Gasteiger partial charge in [0.15, 0.2) is 5.60 Å². The van der Waals surface area contributed by atoms with E-state index in [4.69, 9.17) is 4.74 Å². The molecule has 0 saturated heterocycles. The highest BCUT2D eigenvalue weighted by atomic mass is 79.9. The highest BCUT2D eigenvalue weighted by molar-refractivity contribution is 9.10. The van der Waals surface area contributed by atoms with Crippen molar-refractivity contribution in [1.82, 2.24) is 0 Å². The second-order valence-electron chi connectivity index (χ2n) is 3.64. The number of fused-ring (bicyclic) bond motifs is 1. The molecule has 1 aliphatic carbocycles. The van der Waals surface area contributed by atoms with Gasteiger partial charge < -0.3 is 4.74 Å². The van der Waals surface area contributed by atoms with E-state index in [1.807, 2.05) is 25.1 Å². The Balaban J connectivity index is 2.52. The Kier molecular flexibility index (Phi) is 2.81. The van der Waals surface area contributed by atoms with Crippen LogP contribution in [0.5, 0.6) is 0 Å². The van der Waals surface area contributed by atoms with Gasteiger partial charge in [0.1, 0.15) is 6.07 Å². The number of rotatable bonds is 2. The fourth-order valence-electron chi connectivity index (χ4n) is 2.17. The molecular formula is C12H12BrNO. The van der Waals surface area contributed by atoms with Gasteiger partial charge in [-0.15, -0.1) is 0 Å². The zero-order valence-electron chi connectivity index (χ0n) is 8.59. The van der Waals surface area contributed by atoms with Gasteiger partial charge in [0, 0.05) is 16.6 Å². The smallest absolute Gasteiger partial charge is 0.180 e. The lowest BCUT2D eigenvalue weighted by Crippen LogP contribution is -2.24. The first-order valence-electron chi connectivity index (χ1n) is 5.06. The summed E-state index contributed by atoms with van der Waals surface area (Å²) in [5.41, 5.74) is 1.53. The molecule has 2 nitrogen and oxygen atoms in total. The van der Waals surface area contributed by atoms with Gasteiger partial charge >= 0.3 is 0 Å². The minimum Gasteiger partial charge on any atom is -0.356 e. The molecule has 0 radical (unpaired) electrons. The third kappa shape index (κ3) is 1.58. The quantitative estimate of drug-likeness (QED) is 0.823. The molecule has 0 saturated carbocycles. The number of halogens is 1. The molecule has 1 aliphatic rings. The second-order valence-corrected chi connectivity index (χ2v) is 4.49. The largest absolute Gasteiger partial charge is 0.356 e. The standard InChI is InChI=1S/C12H12BrNO/c1-2-15-12(8-14)7-6-9-10(12)4-3-5-11(9)13/h3-5H,2,6-7H2,1H3. The number of nitrogens with zero attached hydrogens (tertiary/aromatic N) is 1. The van der Waals surface area contributed by atoms with Gasteiger partial charge in [0.2, 0.25) is 0 Å². The normalized spacial score (nSPS) is 23.5. The second kappa shape index (κ2) is 3.96. The summed E-state index contributed by atoms with van der Waals surface area (Å²) in [6.45, 7) is 2.49. The monoisotopic (exact) mass is 265 g/mol. The maximum atomic E-state index is 9.29. The summed E-state index contributed by atoms with van der Waals surface area (Å²) in [6, 6.07) is 8.28. The lowest BCUT2D eigenvalue weighted by molar-refractivity contribution is 0.00331. The van der Waals surface area contributed by atoms with Crippen molar-refractivity contribution in [2.45, 2.75) is 25.4 Å². The molecule has 0 aromatic heterocycles. The van der Waals surface area contributed by atoms with Crippen molar-refractivity contribution in [1.29, 1.82) is 5.26 Å². The fourth-order valence-corrected chi connectivity index (χ4v) is 2.74. The van der Waals surface area contributed by atoms with Gasteiger partial charge in [0.05, 0.1) is 0 Å². The van der Waals surface area contributed by atoms with Gasteiger partial charge in [-0.3, -0.25) is 0 Å². The minimum absolute atomic E-state index is 0.569. The first kappa shape index (κ1) is 10.7. The molecule has 0 N–H and O–H groups in total. The zero-order chi connectivity index (χ0) is 10.9. The van der Waals surface area contributed by atoms with Crippen molar-refractivity contribution in [2.24, 2.45) is 0 Å². The van der Waals surface area contributed by atoms with Crippen LogP contribution in [-0.4, -0.2) is 6.61 Å². The van der Waals surface area contributed by atoms with Crippen LogP contribution in [0, 0.1) is 11.3 Å². The first-order valence-corrected chi connectivity index (χ1v) is 5.86. The van der Waals surface area contributed by atoms with E-state index in [2.05, 4.69) is 22.0 Å². The van der Waals surface area contributed by atoms with Crippen LogP contribution in [0.2, 0.25) is 0 Å². The summed E-state index contributed by atoms with van der Waals surface area (Å²) in [6.07, 6.45) is 1.67. The Morgan fingerprint density at radius 3 is 3.07 bits per heavy atom. The van der Waals surface area contributed by atoms with Crippen LogP contribution >= 0.6 is 15.9 Å². The van der Waals surface area contributed by atoms with E-state index in [0.717, 1.165) is 22.9 Å². The van der Waals surface area contributed by atoms with Crippen molar-refractivity contribution in [3.63, 3.8) is 0 Å². The van der Waals surface area contributed by atoms with Gasteiger partial charge in [-0.05, 0) is 31.4 Å². The van der Waals surface area contributed by atoms with E-state index in [-0.39, 0.29) is 0 Å². The van der Waals surface area contributed by atoms with E-state index in [1.165, 1.54) is 5.56 Å². The average molecular weight is 266 g/mol. The Hall–Kier alpha value is -0.850. The molecule has 0 amide bonds. The summed E-state index contributed by atoms with van der Waals surface area (Å²) < 4.78 is 6.72. The van der Waals surface area contributed by atoms with Crippen LogP contribution < -0.4 is 0 Å². The fraction of sp³-hybridized carbons (Fsp3) is 0.417. The van der Waals surface area contributed by atoms with E-state index in [0.29, 0.717) is 6.61 Å². The van der Waals surface area contributed by atoms with Crippen molar-refractivity contribution in [3.8, 4) is 6.07 Å². The number of ether oxygens (including phenoxy) is 1. The lowest BCUT2D eigenvalue weighted by atomic mass is 9.97. The molecule has 1 aromatic rings. The van der Waals surface area contributed by atoms with Crippen molar-refractivity contribution in [3.05, 3.63) is 33.8 Å². The van der Waals surface area contributed by atoms with Crippen LogP contribution in [0.15, 0.2) is 22.7 Å². The Bertz CT molecular complexity index is 424. The van der Waals surface area contributed by atoms with E-state index in [1.54, 1.807) is 0 Å². The van der Waals surface area contributed by atoms with Gasteiger partial charge in [-0.1, -0.05) is 28.1 Å². The molecule has 0 spiro atoms. The summed E-state index contributed by atoms with van der Waals surface area (Å²) in [5, 5.41) is 9.29. The summed E-state index contributed by atoms with van der Waals surface area (Å²) in [7, 11) is 0. The predicted octanol–water partition coefficient (Wildman–Crippen LogP) is 3.15. The molecule has 0 aliphatic heterocycles. The molecule has 0 fully saturated rings. The number of hydrogen-bond donors (Lipinski definition) is 0. The zero-order valence-corrected chi connectivity index (χ0v) is 10.2. The highest BCUT2D eigenvalue weighted by Gasteiger charge is 2.40. The maximum absolute atomic E-state index is 9.29. The summed E-state index contributed by atoms with van der Waals surface area (Å²) >= 11 is 3.51. The molecule has 0 heterocycles. The first-order chi connectivity index (χ1) is 7.23. The molecule has 0 bridgehead atoms. The lowest BCUT2D eigenvalue weighted by Gasteiger charge is -2.21. The molecule has 1 unspecified atom stereocenters. The van der Waals surface area contributed by atoms with Gasteiger partial charge in [0.25, 0.3) is 0 Å². The van der Waals surface area contributed by atoms with Crippen LogP contribution in [0.4, 0.5) is 0 Å². The molecule has 1 atom stereocenters. The molecule has 78 valence electrons. The van der Waals surface area contributed by atoms with Gasteiger partial charge in [-0.2, -0.15) is 5.26 Å². The molecule has 2 rings (SSSR count). The summed E-state index contributed by atoms with van der Waals surface area (Å²) in [5.74, 6) is 0. The van der Waals surface area contributed by atoms with Crippen molar-refractivity contribution >= 4 is 15.9 Å². The van der Waals surface area contributed by atoms with Crippen LogP contribution in [0.3, 0.4) is 0 Å². The number of benzene rings is 1. The molecule has 3 heteroatoms. The van der Waals surface area contributed by atoms with Crippen molar-refractivity contribution in [2.75, 3.05) is 6.61 Å². The molecule has 15 heavy (non-hydrogen) atoms. The number of hydrogen-bond acceptors (Lipinski definition) is 2. The predicted molar refractivity (Wildman–Crippen MR) is 61.4 cm³/mol. The van der Waals surface area contributed by atoms with Crippen LogP contribution in [-0.2, 0) is 16.8 Å². The Morgan fingerprint density at radius 1 is 1.60 bits per heavy atom. The number of nitriles is 1. The Morgan fingerprint density at radius 2 is 2.40 bits per heavy atom. The van der Waals surface area contributed by atoms with Crippen LogP contribution in [0.25, 0.3) is 0 Å². The minimum atomic E-state index is -0.714. The third-order valence-electron chi connectivity index (χ3n) is 2.85. The highest BCUT2D eigenvalue weighted by Crippen LogP contribution is 2.42. The van der Waals surface area contributed by atoms with Crippen LogP contribution in [0.1, 0.15) is 24.5 Å². The average Bonchev–Trinajstić information content (AvgIpc) is 2.61. The maximum Gasteiger partial charge on any atom is 0.180 e. The Labute approximate surface area is 98.0 Å². The van der Waals surface area contributed by atoms with E-state index < -0.39 is 5.60 Å². The van der Waals surface area contributed by atoms with Crippen molar-refractivity contribution < 1.29 is 4.74 Å². The topological polar surface area (TPSA) is 33.0 Å². The third-order valence-corrected chi connectivity index (χ3v) is 3.60. The van der Waals surface area contributed by atoms with E-state index >= 15 is 0 Å².